The highest BCUT2D eigenvalue weighted by atomic mass is 16.8. The highest BCUT2D eigenvalue weighted by molar-refractivity contribution is 5.73. The van der Waals surface area contributed by atoms with Crippen molar-refractivity contribution in [2.45, 2.75) is 204 Å². The minimum Gasteiger partial charge on any atom is -0.479 e. The Balaban J connectivity index is 1.34. The molecule has 0 spiro atoms. The monoisotopic (exact) mass is 999 g/mol. The lowest BCUT2D eigenvalue weighted by atomic mass is 9.76. The van der Waals surface area contributed by atoms with Gasteiger partial charge in [0.2, 0.25) is 0 Å². The van der Waals surface area contributed by atoms with E-state index in [4.69, 9.17) is 57.8 Å². The van der Waals surface area contributed by atoms with Gasteiger partial charge >= 0.3 is 5.97 Å². The maximum absolute atomic E-state index is 13.1. The number of carboxylic acids is 1. The van der Waals surface area contributed by atoms with Gasteiger partial charge in [-0.25, -0.2) is 4.79 Å². The van der Waals surface area contributed by atoms with E-state index in [-0.39, 0.29) is 13.2 Å². The molecule has 396 valence electrons. The summed E-state index contributed by atoms with van der Waals surface area (Å²) in [4.78, 5) is 11.7. The van der Waals surface area contributed by atoms with E-state index in [1.807, 2.05) is 0 Å². The van der Waals surface area contributed by atoms with Gasteiger partial charge in [-0.3, -0.25) is 0 Å². The van der Waals surface area contributed by atoms with Gasteiger partial charge in [-0.05, 0) is 20.8 Å². The largest absolute Gasteiger partial charge is 0.479 e. The van der Waals surface area contributed by atoms with Gasteiger partial charge < -0.3 is 145 Å². The van der Waals surface area contributed by atoms with Crippen LogP contribution in [0.2, 0.25) is 0 Å². The molecule has 6 aliphatic rings. The topological polar surface area (TPSA) is 489 Å². The van der Waals surface area contributed by atoms with Gasteiger partial charge in [0, 0.05) is 6.54 Å². The van der Waals surface area contributed by atoms with Gasteiger partial charge in [0.1, 0.15) is 122 Å². The molecule has 19 N–H and O–H groups in total. The SMILES string of the molecule is CC1O[C@H](O[C@@H]2C(CO)O[C@@H](O[C@H]3[C@@H](O)C(C)O[C@@H](O[C@@H]4C(O)[C@H](OCCN)OC(C)[C@@H]4O)C3(O)[C@H]3OC(CO[C@H]4OC(C(=O)O)[C@@H](O)[C@H](O)C4O)[C@@H](O)[C@H](O)C3O)C(O)[C@H]2O)C(O)[C@@H](O)[C@H]1O. The summed E-state index contributed by atoms with van der Waals surface area (Å²) in [5, 5.41) is 186. The Bertz CT molecular complexity index is 1630. The van der Waals surface area contributed by atoms with Crippen LogP contribution in [0.1, 0.15) is 20.8 Å². The lowest BCUT2D eigenvalue weighted by molar-refractivity contribution is -0.428. The highest BCUT2D eigenvalue weighted by Crippen LogP contribution is 2.44. The van der Waals surface area contributed by atoms with Gasteiger partial charge in [0.05, 0.1) is 38.1 Å². The molecule has 0 saturated carbocycles. The Labute approximate surface area is 385 Å². The first-order chi connectivity index (χ1) is 31.9. The molecule has 0 aliphatic carbocycles. The van der Waals surface area contributed by atoms with Crippen molar-refractivity contribution in [1.29, 1.82) is 0 Å². The second-order valence-electron chi connectivity index (χ2n) is 17.7. The van der Waals surface area contributed by atoms with E-state index >= 15 is 0 Å². The molecule has 30 nitrogen and oxygen atoms in total. The fraction of sp³-hybridized carbons (Fsp3) is 0.974. The molecule has 6 heterocycles. The van der Waals surface area contributed by atoms with E-state index in [0.717, 1.165) is 0 Å². The number of aliphatic carboxylic acids is 1. The number of nitrogens with two attached hydrogens (primary N) is 1. The van der Waals surface area contributed by atoms with Crippen LogP contribution >= 0.6 is 0 Å². The molecule has 0 aromatic carbocycles. The third-order valence-corrected chi connectivity index (χ3v) is 13.0. The molecule has 12 unspecified atom stereocenters. The predicted octanol–water partition coefficient (Wildman–Crippen LogP) is -11.6. The number of carbonyl (C=O) groups is 1. The van der Waals surface area contributed by atoms with E-state index in [1.165, 1.54) is 20.8 Å². The van der Waals surface area contributed by atoms with E-state index < -0.39 is 203 Å². The van der Waals surface area contributed by atoms with Crippen LogP contribution in [0.25, 0.3) is 0 Å². The van der Waals surface area contributed by atoms with Crippen LogP contribution in [0.3, 0.4) is 0 Å². The molecular formula is C38H65NO29. The molecular weight excluding hydrogens is 934 g/mol. The third-order valence-electron chi connectivity index (χ3n) is 13.0. The second-order valence-corrected chi connectivity index (χ2v) is 17.7. The first kappa shape index (κ1) is 55.7. The fourth-order valence-electron chi connectivity index (χ4n) is 8.90. The lowest BCUT2D eigenvalue weighted by Gasteiger charge is -2.57. The number of rotatable bonds is 15. The van der Waals surface area contributed by atoms with Gasteiger partial charge in [0.25, 0.3) is 0 Å². The van der Waals surface area contributed by atoms with Crippen molar-refractivity contribution in [3.63, 3.8) is 0 Å². The van der Waals surface area contributed by atoms with E-state index in [1.54, 1.807) is 0 Å². The second kappa shape index (κ2) is 22.6. The quantitative estimate of drug-likeness (QED) is 0.0724. The van der Waals surface area contributed by atoms with Crippen molar-refractivity contribution in [2.24, 2.45) is 5.73 Å². The van der Waals surface area contributed by atoms with Crippen molar-refractivity contribution in [3.05, 3.63) is 0 Å². The molecule has 6 aliphatic heterocycles. The molecule has 6 fully saturated rings. The van der Waals surface area contributed by atoms with E-state index in [2.05, 4.69) is 0 Å². The standard InChI is InChI=1S/C38H65NO29/c1-8-13(41)17(45)24(52)35(61-8)65-27-11(6-40)64-36(25(53)21(27)49)68-30-15(43)10(3)62-37(67-28-14(42)9(2)60-34(26(28)54)58-5-4-39)38(30,57)31-22(50)18(46)16(44)12(63-31)7-59-33-23(51)19(47)20(48)29(66-33)32(55)56/h8-31,33-37,40-54,57H,4-7,39H2,1-3H3,(H,55,56)/t8?,9?,10?,11?,12?,13-,14-,15-,16+,17-,18-,19-,20-,21+,22?,23?,24?,25?,26?,27+,28-,29?,30-,31-,33-,34+,35+,36-,37-,38?/m0/s1. The van der Waals surface area contributed by atoms with E-state index in [9.17, 15) is 91.6 Å². The molecule has 30 atom stereocenters. The van der Waals surface area contributed by atoms with Crippen LogP contribution in [0, 0.1) is 0 Å². The van der Waals surface area contributed by atoms with Crippen LogP contribution in [0.15, 0.2) is 0 Å². The molecule has 0 aromatic heterocycles. The first-order valence-corrected chi connectivity index (χ1v) is 21.8. The van der Waals surface area contributed by atoms with E-state index in [0.29, 0.717) is 0 Å². The number of ether oxygens (including phenoxy) is 11. The summed E-state index contributed by atoms with van der Waals surface area (Å²) in [5.41, 5.74) is 2.21. The summed E-state index contributed by atoms with van der Waals surface area (Å²) >= 11 is 0. The van der Waals surface area contributed by atoms with Crippen molar-refractivity contribution < 1.29 is 144 Å². The summed E-state index contributed by atoms with van der Waals surface area (Å²) < 4.78 is 62.3. The molecule has 0 amide bonds. The van der Waals surface area contributed by atoms with Crippen LogP contribution in [0.4, 0.5) is 0 Å². The molecule has 6 rings (SSSR count). The molecule has 6 saturated heterocycles. The minimum absolute atomic E-state index is 0.0456. The summed E-state index contributed by atoms with van der Waals surface area (Å²) in [6.45, 7) is 1.60. The zero-order chi connectivity index (χ0) is 50.4. The fourth-order valence-corrected chi connectivity index (χ4v) is 8.90. The Kier molecular flexibility index (Phi) is 18.5. The van der Waals surface area contributed by atoms with Crippen molar-refractivity contribution in [1.82, 2.24) is 0 Å². The summed E-state index contributed by atoms with van der Waals surface area (Å²) in [7, 11) is 0. The van der Waals surface area contributed by atoms with Gasteiger partial charge in [0.15, 0.2) is 43.2 Å². The number of hydrogen-bond donors (Lipinski definition) is 18. The molecule has 0 bridgehead atoms. The normalized spacial score (nSPS) is 53.8. The van der Waals surface area contributed by atoms with Crippen molar-refractivity contribution in [2.75, 3.05) is 26.4 Å². The van der Waals surface area contributed by atoms with Crippen LogP contribution < -0.4 is 5.73 Å². The third kappa shape index (κ3) is 10.7. The highest BCUT2D eigenvalue weighted by Gasteiger charge is 2.67. The Morgan fingerprint density at radius 2 is 1.06 bits per heavy atom. The molecule has 0 aromatic rings. The van der Waals surface area contributed by atoms with Crippen molar-refractivity contribution >= 4 is 5.97 Å². The maximum Gasteiger partial charge on any atom is 0.335 e. The predicted molar refractivity (Wildman–Crippen MR) is 208 cm³/mol. The van der Waals surface area contributed by atoms with Gasteiger partial charge in [-0.15, -0.1) is 0 Å². The van der Waals surface area contributed by atoms with Gasteiger partial charge in [-0.1, -0.05) is 0 Å². The minimum atomic E-state index is -3.34. The van der Waals surface area contributed by atoms with Crippen LogP contribution in [-0.4, -0.2) is 303 Å². The number of hydrogen-bond acceptors (Lipinski definition) is 29. The Morgan fingerprint density at radius 1 is 0.515 bits per heavy atom. The van der Waals surface area contributed by atoms with Crippen molar-refractivity contribution in [3.8, 4) is 0 Å². The molecule has 30 heteroatoms. The Morgan fingerprint density at radius 3 is 1.69 bits per heavy atom. The van der Waals surface area contributed by atoms with Crippen LogP contribution in [0.5, 0.6) is 0 Å². The average Bonchev–Trinajstić information content (AvgIpc) is 3.30. The first-order valence-electron chi connectivity index (χ1n) is 21.8. The maximum atomic E-state index is 13.1. The van der Waals surface area contributed by atoms with Crippen LogP contribution in [-0.2, 0) is 56.9 Å². The zero-order valence-electron chi connectivity index (χ0n) is 36.7. The Hall–Kier alpha value is -1.65. The lowest BCUT2D eigenvalue weighted by Crippen LogP contribution is -2.78. The number of aliphatic hydroxyl groups is 16. The molecule has 68 heavy (non-hydrogen) atoms. The summed E-state index contributed by atoms with van der Waals surface area (Å²) in [5.74, 6) is -1.78. The van der Waals surface area contributed by atoms with Gasteiger partial charge in [-0.2, -0.15) is 0 Å². The smallest absolute Gasteiger partial charge is 0.335 e. The summed E-state index contributed by atoms with van der Waals surface area (Å²) in [6, 6.07) is 0. The zero-order valence-corrected chi connectivity index (χ0v) is 36.7. The summed E-state index contributed by atoms with van der Waals surface area (Å²) in [6.07, 6.45) is -57.2. The number of aliphatic hydroxyl groups excluding tert-OH is 15. The molecule has 0 radical (unpaired) electrons. The average molecular weight is 1000 g/mol. The number of carboxylic acid groups (broad SMARTS) is 1.